The molecular weight excluding hydrogens is 134 g/mol. The first-order valence-electron chi connectivity index (χ1n) is 2.44. The molecule has 0 bridgehead atoms. The zero-order valence-electron chi connectivity index (χ0n) is 5.77. The summed E-state index contributed by atoms with van der Waals surface area (Å²) in [7, 11) is 0. The third-order valence-corrected chi connectivity index (χ3v) is 0.770. The summed E-state index contributed by atoms with van der Waals surface area (Å²) in [6, 6.07) is 0. The summed E-state index contributed by atoms with van der Waals surface area (Å²) in [5.74, 6) is -0.845. The largest absolute Gasteiger partial charge is 0.478 e. The third kappa shape index (κ3) is 9.72. The van der Waals surface area contributed by atoms with E-state index < -0.39 is 5.97 Å². The second kappa shape index (κ2) is 7.52. The van der Waals surface area contributed by atoms with Crippen molar-refractivity contribution in [2.24, 2.45) is 0 Å². The Hall–Kier alpha value is -1.48. The Labute approximate surface area is 58.4 Å². The molecule has 0 saturated carbocycles. The molecule has 0 fully saturated rings. The Morgan fingerprint density at radius 3 is 1.90 bits per heavy atom. The van der Waals surface area contributed by atoms with Crippen LogP contribution in [0.2, 0.25) is 0 Å². The minimum Gasteiger partial charge on any atom is -0.478 e. The molecule has 0 aliphatic rings. The minimum atomic E-state index is -0.845. The maximum absolute atomic E-state index is 9.86. The van der Waals surface area contributed by atoms with Gasteiger partial charge in [-0.05, 0) is 13.8 Å². The van der Waals surface area contributed by atoms with E-state index in [1.54, 1.807) is 19.9 Å². The van der Waals surface area contributed by atoms with Crippen LogP contribution in [0.15, 0.2) is 11.6 Å². The molecule has 56 valence electrons. The molecule has 0 amide bonds. The van der Waals surface area contributed by atoms with Gasteiger partial charge in [-0.25, -0.2) is 4.79 Å². The number of carboxylic acid groups (broad SMARTS) is 1. The zero-order valence-corrected chi connectivity index (χ0v) is 5.77. The van der Waals surface area contributed by atoms with Crippen LogP contribution in [-0.4, -0.2) is 11.1 Å². The maximum Gasteiger partial charge on any atom is 0.330 e. The number of carboxylic acids is 1. The van der Waals surface area contributed by atoms with Crippen LogP contribution in [0.3, 0.4) is 0 Å². The molecule has 0 rings (SSSR count). The van der Waals surface area contributed by atoms with Gasteiger partial charge in [0, 0.05) is 5.57 Å². The molecule has 0 aliphatic heterocycles. The molecule has 0 aromatic rings. The molecule has 5 nitrogen and oxygen atoms in total. The predicted molar refractivity (Wildman–Crippen MR) is 37.1 cm³/mol. The van der Waals surface area contributed by atoms with Gasteiger partial charge in [-0.3, -0.25) is 4.91 Å². The van der Waals surface area contributed by atoms with Gasteiger partial charge in [0.2, 0.25) is 0 Å². The standard InChI is InChI=1S/C5H8O2.N3/c1-3-4(2)5(6)7;1-3-2/h3H,1-2H3,(H,6,7);/q;-1. The topological polar surface area (TPSA) is 96.0 Å². The van der Waals surface area contributed by atoms with Crippen molar-refractivity contribution >= 4 is 5.97 Å². The lowest BCUT2D eigenvalue weighted by atomic mass is 10.3. The number of rotatable bonds is 1. The van der Waals surface area contributed by atoms with Crippen molar-refractivity contribution < 1.29 is 9.90 Å². The Morgan fingerprint density at radius 2 is 1.90 bits per heavy atom. The summed E-state index contributed by atoms with van der Waals surface area (Å²) in [4.78, 5) is 11.4. The van der Waals surface area contributed by atoms with Crippen LogP contribution in [0.1, 0.15) is 13.8 Å². The lowest BCUT2D eigenvalue weighted by Gasteiger charge is -1.84. The van der Waals surface area contributed by atoms with Crippen molar-refractivity contribution in [2.75, 3.05) is 0 Å². The number of nitrogens with zero attached hydrogens (tertiary/aromatic N) is 3. The molecule has 0 aromatic heterocycles. The molecule has 0 aromatic carbocycles. The van der Waals surface area contributed by atoms with Crippen LogP contribution in [-0.2, 0) is 4.79 Å². The summed E-state index contributed by atoms with van der Waals surface area (Å²) < 4.78 is 0. The van der Waals surface area contributed by atoms with Crippen LogP contribution in [0, 0.1) is 0 Å². The molecule has 1 N–H and O–H groups in total. The van der Waals surface area contributed by atoms with Crippen LogP contribution in [0.4, 0.5) is 0 Å². The molecule has 0 spiro atoms. The van der Waals surface area contributed by atoms with Gasteiger partial charge in [-0.15, -0.1) is 0 Å². The quantitative estimate of drug-likeness (QED) is 0.262. The first kappa shape index (κ1) is 11.3. The van der Waals surface area contributed by atoms with E-state index in [0.717, 1.165) is 0 Å². The number of hydrogen-bond donors (Lipinski definition) is 1. The highest BCUT2D eigenvalue weighted by Gasteiger charge is 1.93. The second-order valence-electron chi connectivity index (χ2n) is 1.37. The molecular formula is C5H8N3O2-. The van der Waals surface area contributed by atoms with Crippen molar-refractivity contribution in [3.63, 3.8) is 0 Å². The molecule has 10 heavy (non-hydrogen) atoms. The first-order valence-corrected chi connectivity index (χ1v) is 2.44. The van der Waals surface area contributed by atoms with Gasteiger partial charge in [-0.1, -0.05) is 6.08 Å². The monoisotopic (exact) mass is 142 g/mol. The summed E-state index contributed by atoms with van der Waals surface area (Å²) in [6.07, 6.45) is 1.56. The van der Waals surface area contributed by atoms with E-state index in [0.29, 0.717) is 5.57 Å². The third-order valence-electron chi connectivity index (χ3n) is 0.770. The Balaban J connectivity index is 0. The maximum atomic E-state index is 9.86. The summed E-state index contributed by atoms with van der Waals surface area (Å²) in [5, 5.41) is 8.11. The van der Waals surface area contributed by atoms with E-state index in [2.05, 4.69) is 0 Å². The normalized spacial score (nSPS) is 8.80. The highest BCUT2D eigenvalue weighted by Crippen LogP contribution is 1.87. The zero-order chi connectivity index (χ0) is 8.57. The van der Waals surface area contributed by atoms with Gasteiger partial charge in [-0.2, -0.15) is 0 Å². The second-order valence-corrected chi connectivity index (χ2v) is 1.37. The molecule has 0 saturated heterocycles. The van der Waals surface area contributed by atoms with Gasteiger partial charge in [0.1, 0.15) is 0 Å². The van der Waals surface area contributed by atoms with E-state index >= 15 is 0 Å². The number of carbonyl (C=O) groups is 1. The van der Waals surface area contributed by atoms with E-state index in [1.807, 2.05) is 0 Å². The minimum absolute atomic E-state index is 0.389. The highest BCUT2D eigenvalue weighted by atomic mass is 16.4. The molecule has 0 unspecified atom stereocenters. The van der Waals surface area contributed by atoms with Crippen LogP contribution in [0.25, 0.3) is 16.0 Å². The number of hydrogen-bond acceptors (Lipinski definition) is 1. The summed E-state index contributed by atoms with van der Waals surface area (Å²) in [6.45, 7) is 3.26. The fraction of sp³-hybridized carbons (Fsp3) is 0.400. The fourth-order valence-corrected chi connectivity index (χ4v) is 0.123. The van der Waals surface area contributed by atoms with Gasteiger partial charge in [0.15, 0.2) is 0 Å². The molecule has 0 aliphatic carbocycles. The average molecular weight is 142 g/mol. The van der Waals surface area contributed by atoms with Crippen molar-refractivity contribution in [1.29, 1.82) is 0 Å². The molecule has 5 heteroatoms. The molecule has 0 radical (unpaired) electrons. The summed E-state index contributed by atoms with van der Waals surface area (Å²) in [5.41, 5.74) is 13.9. The first-order chi connectivity index (χ1) is 4.59. The van der Waals surface area contributed by atoms with E-state index in [-0.39, 0.29) is 0 Å². The van der Waals surface area contributed by atoms with Crippen LogP contribution in [0.5, 0.6) is 0 Å². The van der Waals surface area contributed by atoms with Crippen molar-refractivity contribution in [3.05, 3.63) is 27.6 Å². The van der Waals surface area contributed by atoms with Crippen molar-refractivity contribution in [1.82, 2.24) is 0 Å². The van der Waals surface area contributed by atoms with E-state index in [9.17, 15) is 4.79 Å². The lowest BCUT2D eigenvalue weighted by molar-refractivity contribution is -0.132. The van der Waals surface area contributed by atoms with Gasteiger partial charge >= 0.3 is 5.97 Å². The Morgan fingerprint density at radius 1 is 1.60 bits per heavy atom. The van der Waals surface area contributed by atoms with Crippen molar-refractivity contribution in [2.45, 2.75) is 13.8 Å². The van der Waals surface area contributed by atoms with Gasteiger partial charge in [0.05, 0.1) is 0 Å². The predicted octanol–water partition coefficient (Wildman–Crippen LogP) is 1.90. The fourth-order valence-electron chi connectivity index (χ4n) is 0.123. The van der Waals surface area contributed by atoms with Gasteiger partial charge < -0.3 is 16.2 Å². The smallest absolute Gasteiger partial charge is 0.330 e. The number of allylic oxidation sites excluding steroid dienone is 1. The van der Waals surface area contributed by atoms with Gasteiger partial charge in [0.25, 0.3) is 0 Å². The lowest BCUT2D eigenvalue weighted by Crippen LogP contribution is -1.93. The highest BCUT2D eigenvalue weighted by molar-refractivity contribution is 5.85. The van der Waals surface area contributed by atoms with Crippen molar-refractivity contribution in [3.8, 4) is 0 Å². The van der Waals surface area contributed by atoms with E-state index in [1.165, 1.54) is 4.91 Å². The summed E-state index contributed by atoms with van der Waals surface area (Å²) >= 11 is 0. The average Bonchev–Trinajstić information content (AvgIpc) is 1.88. The van der Waals surface area contributed by atoms with Crippen LogP contribution >= 0.6 is 0 Å². The molecule has 0 atom stereocenters. The SMILES string of the molecule is CC=C(C)C(=O)O.[N-]=[N+]=[N-]. The molecule has 0 heterocycles. The van der Waals surface area contributed by atoms with Crippen LogP contribution < -0.4 is 0 Å². The number of aliphatic carboxylic acids is 1. The Bertz CT molecular complexity index is 168. The van der Waals surface area contributed by atoms with E-state index in [4.69, 9.17) is 16.2 Å². The Kier molecular flexibility index (Phi) is 8.52.